The summed E-state index contributed by atoms with van der Waals surface area (Å²) in [7, 11) is 0. The molecule has 0 aromatic heterocycles. The van der Waals surface area contributed by atoms with Gasteiger partial charge in [0.15, 0.2) is 11.5 Å². The van der Waals surface area contributed by atoms with E-state index in [0.717, 1.165) is 22.2 Å². The highest BCUT2D eigenvalue weighted by Crippen LogP contribution is 2.35. The molecular weight excluding hydrogens is 531 g/mol. The fourth-order valence-corrected chi connectivity index (χ4v) is 4.65. The minimum Gasteiger partial charge on any atom is -0.490 e. The van der Waals surface area contributed by atoms with Crippen LogP contribution in [0.1, 0.15) is 23.6 Å². The number of nitrogens with one attached hydrogen (secondary N) is 1. The third kappa shape index (κ3) is 6.54. The number of anilines is 1. The number of hydrogen-bond donors (Lipinski definition) is 1. The molecule has 0 aliphatic carbocycles. The Morgan fingerprint density at radius 2 is 1.84 bits per heavy atom. The zero-order chi connectivity index (χ0) is 27.2. The quantitative estimate of drug-likeness (QED) is 0.306. The predicted molar refractivity (Wildman–Crippen MR) is 146 cm³/mol. The number of aryl methyl sites for hydroxylation is 1. The van der Waals surface area contributed by atoms with Gasteiger partial charge in [-0.25, -0.2) is 4.39 Å². The smallest absolute Gasteiger partial charge is 0.294 e. The summed E-state index contributed by atoms with van der Waals surface area (Å²) >= 11 is 6.83. The van der Waals surface area contributed by atoms with Crippen LogP contribution in [0.5, 0.6) is 11.5 Å². The number of hydrogen-bond acceptors (Lipinski definition) is 6. The van der Waals surface area contributed by atoms with E-state index in [0.29, 0.717) is 29.4 Å². The van der Waals surface area contributed by atoms with Crippen LogP contribution in [0.3, 0.4) is 0 Å². The lowest BCUT2D eigenvalue weighted by atomic mass is 10.1. The van der Waals surface area contributed by atoms with Crippen LogP contribution in [0.4, 0.5) is 14.9 Å². The number of nitrogens with zero attached hydrogens (tertiary/aromatic N) is 1. The third-order valence-electron chi connectivity index (χ3n) is 5.51. The fraction of sp³-hybridized carbons (Fsp3) is 0.179. The highest BCUT2D eigenvalue weighted by atomic mass is 35.5. The summed E-state index contributed by atoms with van der Waals surface area (Å²) in [6.45, 7) is 3.57. The van der Waals surface area contributed by atoms with Crippen LogP contribution in [0, 0.1) is 12.7 Å². The lowest BCUT2D eigenvalue weighted by Crippen LogP contribution is -2.36. The largest absolute Gasteiger partial charge is 0.490 e. The predicted octanol–water partition coefficient (Wildman–Crippen LogP) is 6.44. The molecule has 0 radical (unpaired) electrons. The van der Waals surface area contributed by atoms with Crippen LogP contribution >= 0.6 is 23.4 Å². The number of rotatable bonds is 9. The molecule has 1 aliphatic heterocycles. The van der Waals surface area contributed by atoms with Crippen LogP contribution in [0.15, 0.2) is 65.6 Å². The van der Waals surface area contributed by atoms with Gasteiger partial charge in [-0.05, 0) is 73.6 Å². The van der Waals surface area contributed by atoms with Crippen LogP contribution in [0.2, 0.25) is 5.02 Å². The molecule has 1 fully saturated rings. The summed E-state index contributed by atoms with van der Waals surface area (Å²) in [5.74, 6) is -0.774. The van der Waals surface area contributed by atoms with Crippen LogP contribution in [-0.4, -0.2) is 35.1 Å². The molecule has 7 nitrogen and oxygen atoms in total. The van der Waals surface area contributed by atoms with Gasteiger partial charge in [0, 0.05) is 11.3 Å². The van der Waals surface area contributed by atoms with E-state index < -0.39 is 29.4 Å². The lowest BCUT2D eigenvalue weighted by Gasteiger charge is -2.14. The van der Waals surface area contributed by atoms with Crippen molar-refractivity contribution in [2.45, 2.75) is 20.5 Å². The van der Waals surface area contributed by atoms with Crippen molar-refractivity contribution in [1.82, 2.24) is 4.90 Å². The molecule has 3 aromatic carbocycles. The van der Waals surface area contributed by atoms with Gasteiger partial charge in [0.1, 0.15) is 19.0 Å². The Morgan fingerprint density at radius 3 is 2.55 bits per heavy atom. The number of benzene rings is 3. The van der Waals surface area contributed by atoms with Crippen molar-refractivity contribution in [2.24, 2.45) is 0 Å². The first kappa shape index (κ1) is 27.2. The van der Waals surface area contributed by atoms with Crippen molar-refractivity contribution in [2.75, 3.05) is 18.5 Å². The molecule has 1 heterocycles. The molecule has 0 unspecified atom stereocenters. The molecule has 38 heavy (non-hydrogen) atoms. The maximum atomic E-state index is 14.1. The minimum absolute atomic E-state index is 0.103. The average molecular weight is 555 g/mol. The number of carbonyl (C=O) groups is 3. The monoisotopic (exact) mass is 554 g/mol. The van der Waals surface area contributed by atoms with Crippen molar-refractivity contribution in [3.8, 4) is 11.5 Å². The Balaban J connectivity index is 1.46. The minimum atomic E-state index is -0.563. The topological polar surface area (TPSA) is 84.9 Å². The van der Waals surface area contributed by atoms with Gasteiger partial charge in [0.25, 0.3) is 11.1 Å². The van der Waals surface area contributed by atoms with E-state index in [-0.39, 0.29) is 22.1 Å². The Hall–Kier alpha value is -3.82. The summed E-state index contributed by atoms with van der Waals surface area (Å²) in [6.07, 6.45) is 1.54. The molecule has 3 aromatic rings. The Labute approximate surface area is 228 Å². The van der Waals surface area contributed by atoms with E-state index in [4.69, 9.17) is 21.1 Å². The van der Waals surface area contributed by atoms with E-state index >= 15 is 0 Å². The van der Waals surface area contributed by atoms with Gasteiger partial charge >= 0.3 is 0 Å². The lowest BCUT2D eigenvalue weighted by molar-refractivity contribution is -0.127. The molecule has 1 saturated heterocycles. The van der Waals surface area contributed by atoms with Crippen molar-refractivity contribution in [3.63, 3.8) is 0 Å². The molecule has 3 amide bonds. The molecule has 196 valence electrons. The zero-order valence-corrected chi connectivity index (χ0v) is 22.2. The summed E-state index contributed by atoms with van der Waals surface area (Å²) in [5.41, 5.74) is 2.42. The Kier molecular flexibility index (Phi) is 8.70. The molecular formula is C28H24ClFN2O5S. The number of ether oxygens (including phenoxy) is 2. The first-order chi connectivity index (χ1) is 18.2. The molecule has 1 aliphatic rings. The van der Waals surface area contributed by atoms with Gasteiger partial charge in [-0.1, -0.05) is 41.4 Å². The average Bonchev–Trinajstić information content (AvgIpc) is 3.13. The van der Waals surface area contributed by atoms with Gasteiger partial charge in [-0.15, -0.1) is 0 Å². The molecule has 0 spiro atoms. The van der Waals surface area contributed by atoms with Gasteiger partial charge < -0.3 is 14.8 Å². The Morgan fingerprint density at radius 1 is 1.08 bits per heavy atom. The van der Waals surface area contributed by atoms with Crippen LogP contribution in [-0.2, 0) is 16.2 Å². The SMILES string of the molecule is CCOc1cc(/C=C2\SC(=O)N(CC(=O)Nc3ccc(C)cc3)C2=O)ccc1OCc1c(F)cccc1Cl. The van der Waals surface area contributed by atoms with E-state index in [1.165, 1.54) is 12.1 Å². The van der Waals surface area contributed by atoms with Crippen molar-refractivity contribution in [3.05, 3.63) is 93.1 Å². The second-order valence-corrected chi connectivity index (χ2v) is 9.71. The maximum absolute atomic E-state index is 14.1. The molecule has 1 N–H and O–H groups in total. The molecule has 10 heteroatoms. The normalized spacial score (nSPS) is 14.2. The number of halogens is 2. The first-order valence-electron chi connectivity index (χ1n) is 11.7. The van der Waals surface area contributed by atoms with Gasteiger partial charge in [0.2, 0.25) is 5.91 Å². The van der Waals surface area contributed by atoms with Crippen molar-refractivity contribution < 1.29 is 28.2 Å². The highest BCUT2D eigenvalue weighted by molar-refractivity contribution is 8.18. The van der Waals surface area contributed by atoms with Crippen molar-refractivity contribution >= 4 is 52.2 Å². The standard InChI is InChI=1S/C28H24ClFN2O5S/c1-3-36-24-13-18(9-12-23(24)37-16-20-21(29)5-4-6-22(20)30)14-25-27(34)32(28(35)38-25)15-26(33)31-19-10-7-17(2)8-11-19/h4-14H,3,15-16H2,1-2H3,(H,31,33)/b25-14-. The summed E-state index contributed by atoms with van der Waals surface area (Å²) < 4.78 is 25.5. The van der Waals surface area contributed by atoms with E-state index in [1.54, 1.807) is 49.4 Å². The summed E-state index contributed by atoms with van der Waals surface area (Å²) in [5, 5.41) is 2.40. The second-order valence-electron chi connectivity index (χ2n) is 8.31. The van der Waals surface area contributed by atoms with E-state index in [9.17, 15) is 18.8 Å². The number of thioether (sulfide) groups is 1. The summed E-state index contributed by atoms with van der Waals surface area (Å²) in [6, 6.07) is 16.5. The van der Waals surface area contributed by atoms with Gasteiger partial charge in [-0.2, -0.15) is 0 Å². The summed E-state index contributed by atoms with van der Waals surface area (Å²) in [4.78, 5) is 38.9. The number of imide groups is 1. The highest BCUT2D eigenvalue weighted by Gasteiger charge is 2.36. The Bertz CT molecular complexity index is 1390. The van der Waals surface area contributed by atoms with E-state index in [2.05, 4.69) is 5.32 Å². The molecule has 4 rings (SSSR count). The maximum Gasteiger partial charge on any atom is 0.294 e. The third-order valence-corrected chi connectivity index (χ3v) is 6.77. The number of carbonyl (C=O) groups excluding carboxylic acids is 3. The molecule has 0 atom stereocenters. The zero-order valence-electron chi connectivity index (χ0n) is 20.6. The fourth-order valence-electron chi connectivity index (χ4n) is 3.59. The van der Waals surface area contributed by atoms with Crippen molar-refractivity contribution in [1.29, 1.82) is 0 Å². The second kappa shape index (κ2) is 12.1. The van der Waals surface area contributed by atoms with E-state index in [1.807, 2.05) is 19.1 Å². The number of amides is 3. The van der Waals surface area contributed by atoms with Gasteiger partial charge in [-0.3, -0.25) is 19.3 Å². The molecule has 0 bridgehead atoms. The van der Waals surface area contributed by atoms with Crippen LogP contribution < -0.4 is 14.8 Å². The van der Waals surface area contributed by atoms with Gasteiger partial charge in [0.05, 0.1) is 16.5 Å². The van der Waals surface area contributed by atoms with Crippen LogP contribution in [0.25, 0.3) is 6.08 Å². The molecule has 0 saturated carbocycles. The first-order valence-corrected chi connectivity index (χ1v) is 12.9.